The van der Waals surface area contributed by atoms with Gasteiger partial charge < -0.3 is 28.7 Å². The molecule has 5 aromatic rings. The minimum atomic E-state index is -1.31. The van der Waals surface area contributed by atoms with Crippen LogP contribution in [-0.4, -0.2) is 38.1 Å². The van der Waals surface area contributed by atoms with E-state index in [0.717, 1.165) is 85.5 Å². The maximum absolute atomic E-state index is 14.1. The van der Waals surface area contributed by atoms with Crippen LogP contribution in [0.1, 0.15) is 185 Å². The van der Waals surface area contributed by atoms with Gasteiger partial charge in [0.05, 0.1) is 22.3 Å². The van der Waals surface area contributed by atoms with Gasteiger partial charge in [-0.3, -0.25) is 0 Å². The second-order valence-electron chi connectivity index (χ2n) is 18.9. The van der Waals surface area contributed by atoms with Crippen LogP contribution in [-0.2, 0) is 20.7 Å². The van der Waals surface area contributed by atoms with Crippen LogP contribution in [0.4, 0.5) is 11.4 Å². The number of nitrogens with zero attached hydrogens (tertiary/aromatic N) is 2. The Kier molecular flexibility index (Phi) is 13.8. The van der Waals surface area contributed by atoms with Crippen molar-refractivity contribution in [2.24, 2.45) is 0 Å². The molecule has 0 saturated heterocycles. The molecule has 0 aliphatic carbocycles. The Morgan fingerprint density at radius 2 is 0.727 bits per heavy atom. The fourth-order valence-corrected chi connectivity index (χ4v) is 10.9. The molecule has 4 heterocycles. The van der Waals surface area contributed by atoms with E-state index in [0.29, 0.717) is 45.3 Å². The van der Waals surface area contributed by atoms with Crippen LogP contribution in [0.3, 0.4) is 0 Å². The van der Waals surface area contributed by atoms with Crippen molar-refractivity contribution in [2.75, 3.05) is 36.0 Å². The number of hydrogen-bond donors (Lipinski definition) is 0. The Morgan fingerprint density at radius 1 is 0.379 bits per heavy atom. The highest BCUT2D eigenvalue weighted by Gasteiger charge is 2.58. The number of fused-ring (bicyclic) bond motifs is 12. The average molecular weight is 889 g/mol. The minimum absolute atomic E-state index is 0.385. The lowest BCUT2D eigenvalue weighted by Crippen LogP contribution is -2.36. The van der Waals surface area contributed by atoms with Gasteiger partial charge in [0.1, 0.15) is 23.0 Å². The maximum Gasteiger partial charge on any atom is 0.340 e. The molecule has 2 unspecified atom stereocenters. The number of anilines is 2. The summed E-state index contributed by atoms with van der Waals surface area (Å²) >= 11 is 0. The van der Waals surface area contributed by atoms with Crippen LogP contribution >= 0.6 is 0 Å². The van der Waals surface area contributed by atoms with E-state index in [-0.39, 0.29) is 11.9 Å². The number of esters is 2. The number of carbonyl (C=O) groups excluding carboxylic acids is 2. The Hall–Kier alpha value is -5.76. The fraction of sp³-hybridized carbons (Fsp3) is 0.448. The highest BCUT2D eigenvalue weighted by atomic mass is 16.6. The normalized spacial score (nSPS) is 18.1. The second-order valence-corrected chi connectivity index (χ2v) is 18.9. The van der Waals surface area contributed by atoms with Gasteiger partial charge in [-0.1, -0.05) is 141 Å². The van der Waals surface area contributed by atoms with Gasteiger partial charge in [-0.05, 0) is 74.2 Å². The van der Waals surface area contributed by atoms with E-state index in [1.807, 2.05) is 60.7 Å². The summed E-state index contributed by atoms with van der Waals surface area (Å²) in [5.74, 6) is 1.54. The Bertz CT molecular complexity index is 2350. The van der Waals surface area contributed by atoms with Gasteiger partial charge in [0.25, 0.3) is 0 Å². The average Bonchev–Trinajstić information content (AvgIpc) is 3.80. The molecule has 0 fully saturated rings. The Labute approximate surface area is 392 Å². The standard InChI is InChI=1S/C58H68N2O6/c1-5-9-13-21-33-59(34-22-14-10-6-2)41-29-31-47-51(37-41)63-53-39-50-54(40-49(53)57(47)45-27-19-17-25-43(45)55(61)65-57)64-52-38-42(60(35-23-15-11-7-3)36-24-16-12-8-4)30-32-48(52)58(50)46-28-20-18-26-44(46)56(62)66-58/h17-20,25-32,37-40H,5-16,21-24,33-36H2,1-4H3. The summed E-state index contributed by atoms with van der Waals surface area (Å²) in [5.41, 5.74) is 4.98. The SMILES string of the molecule is CCCCCCN(CCCCCC)c1ccc2c(c1)Oc1cc3c(cc1C21OC(=O)c2ccccc21)Oc1cc(N(CCCCCC)CCCCCC)ccc1C31OC(=O)c2ccccc21. The number of ether oxygens (including phenoxy) is 4. The van der Waals surface area contributed by atoms with Crippen LogP contribution in [0.15, 0.2) is 97.1 Å². The summed E-state index contributed by atoms with van der Waals surface area (Å²) in [7, 11) is 0. The van der Waals surface area contributed by atoms with Crippen molar-refractivity contribution in [3.63, 3.8) is 0 Å². The third-order valence-corrected chi connectivity index (χ3v) is 14.4. The molecule has 346 valence electrons. The van der Waals surface area contributed by atoms with E-state index in [2.05, 4.69) is 73.9 Å². The summed E-state index contributed by atoms with van der Waals surface area (Å²) in [4.78, 5) is 33.1. The summed E-state index contributed by atoms with van der Waals surface area (Å²) < 4.78 is 27.7. The molecule has 4 aliphatic rings. The molecule has 0 saturated carbocycles. The summed E-state index contributed by atoms with van der Waals surface area (Å²) in [6.07, 6.45) is 18.9. The smallest absolute Gasteiger partial charge is 0.340 e. The predicted octanol–water partition coefficient (Wildman–Crippen LogP) is 14.8. The molecule has 8 nitrogen and oxygen atoms in total. The van der Waals surface area contributed by atoms with Crippen molar-refractivity contribution in [1.29, 1.82) is 0 Å². The van der Waals surface area contributed by atoms with Crippen molar-refractivity contribution >= 4 is 23.3 Å². The van der Waals surface area contributed by atoms with Gasteiger partial charge in [0.2, 0.25) is 0 Å². The van der Waals surface area contributed by atoms with E-state index < -0.39 is 11.2 Å². The van der Waals surface area contributed by atoms with Crippen LogP contribution in [0.25, 0.3) is 0 Å². The van der Waals surface area contributed by atoms with Crippen LogP contribution < -0.4 is 19.3 Å². The van der Waals surface area contributed by atoms with Crippen molar-refractivity contribution < 1.29 is 28.5 Å². The first-order valence-electron chi connectivity index (χ1n) is 25.4. The zero-order valence-corrected chi connectivity index (χ0v) is 39.7. The van der Waals surface area contributed by atoms with E-state index in [1.54, 1.807) is 0 Å². The zero-order chi connectivity index (χ0) is 45.7. The first-order chi connectivity index (χ1) is 32.4. The molecule has 0 aromatic heterocycles. The summed E-state index contributed by atoms with van der Waals surface area (Å²) in [6, 6.07) is 32.2. The molecule has 8 heteroatoms. The number of carbonyl (C=O) groups is 2. The van der Waals surface area contributed by atoms with E-state index >= 15 is 0 Å². The van der Waals surface area contributed by atoms with Crippen LogP contribution in [0, 0.1) is 0 Å². The Balaban J connectivity index is 1.18. The van der Waals surface area contributed by atoms with Crippen molar-refractivity contribution in [3.05, 3.63) is 142 Å². The number of unbranched alkanes of at least 4 members (excludes halogenated alkanes) is 12. The molecule has 0 bridgehead atoms. The molecule has 0 amide bonds. The fourth-order valence-electron chi connectivity index (χ4n) is 10.9. The Morgan fingerprint density at radius 3 is 1.09 bits per heavy atom. The number of benzene rings is 5. The molecule has 9 rings (SSSR count). The van der Waals surface area contributed by atoms with Crippen molar-refractivity contribution in [3.8, 4) is 23.0 Å². The largest absolute Gasteiger partial charge is 0.456 e. The summed E-state index contributed by atoms with van der Waals surface area (Å²) in [6.45, 7) is 12.8. The molecule has 4 aliphatic heterocycles. The van der Waals surface area contributed by atoms with E-state index in [9.17, 15) is 9.59 Å². The molecular weight excluding hydrogens is 821 g/mol. The van der Waals surface area contributed by atoms with Crippen LogP contribution in [0.5, 0.6) is 23.0 Å². The maximum atomic E-state index is 14.1. The van der Waals surface area contributed by atoms with E-state index in [1.165, 1.54) is 77.0 Å². The molecule has 2 spiro atoms. The topological polar surface area (TPSA) is 77.5 Å². The second kappa shape index (κ2) is 20.0. The summed E-state index contributed by atoms with van der Waals surface area (Å²) in [5, 5.41) is 0. The number of hydrogen-bond acceptors (Lipinski definition) is 8. The van der Waals surface area contributed by atoms with E-state index in [4.69, 9.17) is 18.9 Å². The highest BCUT2D eigenvalue weighted by molar-refractivity contribution is 5.98. The first kappa shape index (κ1) is 45.4. The van der Waals surface area contributed by atoms with Crippen LogP contribution in [0.2, 0.25) is 0 Å². The minimum Gasteiger partial charge on any atom is -0.456 e. The van der Waals surface area contributed by atoms with Gasteiger partial charge in [-0.25, -0.2) is 9.59 Å². The molecule has 0 radical (unpaired) electrons. The van der Waals surface area contributed by atoms with Crippen molar-refractivity contribution in [2.45, 2.75) is 142 Å². The first-order valence-corrected chi connectivity index (χ1v) is 25.4. The molecule has 2 atom stereocenters. The van der Waals surface area contributed by atoms with Gasteiger partial charge in [0.15, 0.2) is 11.2 Å². The predicted molar refractivity (Wildman–Crippen MR) is 264 cm³/mol. The lowest BCUT2D eigenvalue weighted by molar-refractivity contribution is 0.0195. The van der Waals surface area contributed by atoms with Crippen molar-refractivity contribution in [1.82, 2.24) is 0 Å². The molecular formula is C58H68N2O6. The quantitative estimate of drug-likeness (QED) is 0.0502. The third kappa shape index (κ3) is 8.23. The monoisotopic (exact) mass is 889 g/mol. The lowest BCUT2D eigenvalue weighted by Gasteiger charge is -2.41. The molecule has 66 heavy (non-hydrogen) atoms. The van der Waals surface area contributed by atoms with Gasteiger partial charge in [-0.15, -0.1) is 0 Å². The van der Waals surface area contributed by atoms with Gasteiger partial charge in [0, 0.05) is 71.9 Å². The highest BCUT2D eigenvalue weighted by Crippen LogP contribution is 2.62. The lowest BCUT2D eigenvalue weighted by atomic mass is 9.74. The molecule has 5 aromatic carbocycles. The third-order valence-electron chi connectivity index (χ3n) is 14.4. The number of rotatable bonds is 22. The zero-order valence-electron chi connectivity index (χ0n) is 39.7. The molecule has 0 N–H and O–H groups in total. The van der Waals surface area contributed by atoms with Gasteiger partial charge in [-0.2, -0.15) is 0 Å². The van der Waals surface area contributed by atoms with Gasteiger partial charge >= 0.3 is 11.9 Å².